The Balaban J connectivity index is 1.91. The van der Waals surface area contributed by atoms with Crippen molar-refractivity contribution in [3.05, 3.63) is 64.8 Å². The Morgan fingerprint density at radius 3 is 2.52 bits per heavy atom. The van der Waals surface area contributed by atoms with Crippen LogP contribution >= 0.6 is 11.6 Å². The molecule has 0 amide bonds. The second kappa shape index (κ2) is 6.90. The zero-order valence-corrected chi connectivity index (χ0v) is 15.5. The molecule has 0 aliphatic heterocycles. The fourth-order valence-corrected chi connectivity index (χ4v) is 3.81. The molecule has 0 bridgehead atoms. The van der Waals surface area contributed by atoms with E-state index >= 15 is 0 Å². The van der Waals surface area contributed by atoms with E-state index in [0.717, 1.165) is 16.5 Å². The smallest absolute Gasteiger partial charge is 0.276 e. The van der Waals surface area contributed by atoms with Gasteiger partial charge in [-0.3, -0.25) is 0 Å². The topological polar surface area (TPSA) is 63.5 Å². The van der Waals surface area contributed by atoms with Crippen LogP contribution in [0, 0.1) is 6.92 Å². The summed E-state index contributed by atoms with van der Waals surface area (Å²) >= 11 is 6.43. The maximum atomic E-state index is 12.3. The molecule has 1 heterocycles. The predicted molar refractivity (Wildman–Crippen MR) is 102 cm³/mol. The Morgan fingerprint density at radius 1 is 1.16 bits per heavy atom. The standard InChI is InChI=1S/C18H18ClN3O2S/c1-3-22-17-7-5-4-6-15(17)16(18(22)19)12-20-21-25(23,24)14-10-8-13(2)9-11-14/h4-12,21H,3H2,1-2H3/b20-12+. The Morgan fingerprint density at radius 2 is 1.84 bits per heavy atom. The number of fused-ring (bicyclic) bond motifs is 1. The number of halogens is 1. The Hall–Kier alpha value is -2.31. The van der Waals surface area contributed by atoms with Gasteiger partial charge in [0.2, 0.25) is 0 Å². The van der Waals surface area contributed by atoms with Gasteiger partial charge in [-0.05, 0) is 32.0 Å². The molecule has 130 valence electrons. The van der Waals surface area contributed by atoms with Crippen molar-refractivity contribution < 1.29 is 8.42 Å². The first kappa shape index (κ1) is 17.5. The van der Waals surface area contributed by atoms with Crippen molar-refractivity contribution in [3.63, 3.8) is 0 Å². The summed E-state index contributed by atoms with van der Waals surface area (Å²) in [6.45, 7) is 4.61. The van der Waals surface area contributed by atoms with E-state index in [4.69, 9.17) is 11.6 Å². The van der Waals surface area contributed by atoms with Gasteiger partial charge in [0.25, 0.3) is 10.0 Å². The highest BCUT2D eigenvalue weighted by molar-refractivity contribution is 7.89. The van der Waals surface area contributed by atoms with Crippen LogP contribution in [0.2, 0.25) is 5.15 Å². The maximum Gasteiger partial charge on any atom is 0.276 e. The normalized spacial score (nSPS) is 12.1. The second-order valence-electron chi connectivity index (χ2n) is 5.63. The van der Waals surface area contributed by atoms with Gasteiger partial charge in [-0.25, -0.2) is 4.83 Å². The Bertz CT molecular complexity index is 1040. The number of para-hydroxylation sites is 1. The van der Waals surface area contributed by atoms with E-state index in [2.05, 4.69) is 9.93 Å². The van der Waals surface area contributed by atoms with E-state index in [0.29, 0.717) is 17.3 Å². The molecule has 0 fully saturated rings. The van der Waals surface area contributed by atoms with Crippen molar-refractivity contribution in [2.24, 2.45) is 5.10 Å². The van der Waals surface area contributed by atoms with Crippen LogP contribution in [0.3, 0.4) is 0 Å². The summed E-state index contributed by atoms with van der Waals surface area (Å²) in [4.78, 5) is 2.40. The maximum absolute atomic E-state index is 12.3. The summed E-state index contributed by atoms with van der Waals surface area (Å²) in [6.07, 6.45) is 1.45. The number of nitrogens with zero attached hydrogens (tertiary/aromatic N) is 2. The average molecular weight is 376 g/mol. The minimum Gasteiger partial charge on any atom is -0.331 e. The third-order valence-corrected chi connectivity index (χ3v) is 5.60. The number of hydrazone groups is 1. The van der Waals surface area contributed by atoms with Crippen molar-refractivity contribution in [3.8, 4) is 0 Å². The summed E-state index contributed by atoms with van der Waals surface area (Å²) in [5, 5.41) is 5.36. The molecule has 0 aliphatic rings. The van der Waals surface area contributed by atoms with Crippen molar-refractivity contribution >= 4 is 38.7 Å². The van der Waals surface area contributed by atoms with E-state index in [1.807, 2.05) is 42.7 Å². The first-order valence-electron chi connectivity index (χ1n) is 7.82. The molecule has 7 heteroatoms. The van der Waals surface area contributed by atoms with E-state index in [-0.39, 0.29) is 4.90 Å². The molecule has 3 aromatic rings. The molecular weight excluding hydrogens is 358 g/mol. The number of benzene rings is 2. The zero-order chi connectivity index (χ0) is 18.0. The molecule has 0 atom stereocenters. The Kier molecular flexibility index (Phi) is 4.83. The SMILES string of the molecule is CCn1c(Cl)c(/C=N/NS(=O)(=O)c2ccc(C)cc2)c2ccccc21. The summed E-state index contributed by atoms with van der Waals surface area (Å²) in [6, 6.07) is 14.3. The predicted octanol–water partition coefficient (Wildman–Crippen LogP) is 3.94. The minimum atomic E-state index is -3.71. The van der Waals surface area contributed by atoms with Crippen molar-refractivity contribution in [1.82, 2.24) is 9.40 Å². The molecule has 0 radical (unpaired) electrons. The molecular formula is C18H18ClN3O2S. The minimum absolute atomic E-state index is 0.164. The number of sulfonamides is 1. The molecule has 2 aromatic carbocycles. The van der Waals surface area contributed by atoms with Crippen LogP contribution in [0.15, 0.2) is 58.5 Å². The lowest BCUT2D eigenvalue weighted by Gasteiger charge is -2.03. The molecule has 25 heavy (non-hydrogen) atoms. The summed E-state index contributed by atoms with van der Waals surface area (Å²) in [5.74, 6) is 0. The van der Waals surface area contributed by atoms with Crippen LogP contribution in [-0.2, 0) is 16.6 Å². The lowest BCUT2D eigenvalue weighted by molar-refractivity contribution is 0.584. The number of rotatable bonds is 5. The van der Waals surface area contributed by atoms with Gasteiger partial charge in [0, 0.05) is 23.0 Å². The van der Waals surface area contributed by atoms with Crippen LogP contribution in [0.4, 0.5) is 0 Å². The molecule has 0 unspecified atom stereocenters. The zero-order valence-electron chi connectivity index (χ0n) is 13.9. The van der Waals surface area contributed by atoms with E-state index < -0.39 is 10.0 Å². The van der Waals surface area contributed by atoms with Crippen molar-refractivity contribution in [1.29, 1.82) is 0 Å². The molecule has 0 saturated carbocycles. The lowest BCUT2D eigenvalue weighted by Crippen LogP contribution is -2.18. The Labute approximate surface area is 152 Å². The van der Waals surface area contributed by atoms with E-state index in [9.17, 15) is 8.42 Å². The fourth-order valence-electron chi connectivity index (χ4n) is 2.66. The van der Waals surface area contributed by atoms with Crippen LogP contribution in [0.1, 0.15) is 18.1 Å². The monoisotopic (exact) mass is 375 g/mol. The van der Waals surface area contributed by atoms with Crippen LogP contribution in [-0.4, -0.2) is 19.2 Å². The largest absolute Gasteiger partial charge is 0.331 e. The quantitative estimate of drug-likeness (QED) is 0.542. The molecule has 0 spiro atoms. The lowest BCUT2D eigenvalue weighted by atomic mass is 10.2. The van der Waals surface area contributed by atoms with Crippen LogP contribution in [0.5, 0.6) is 0 Å². The first-order valence-corrected chi connectivity index (χ1v) is 9.68. The average Bonchev–Trinajstić information content (AvgIpc) is 2.87. The van der Waals surface area contributed by atoms with Gasteiger partial charge < -0.3 is 4.57 Å². The summed E-state index contributed by atoms with van der Waals surface area (Å²) in [7, 11) is -3.71. The molecule has 1 aromatic heterocycles. The molecule has 1 N–H and O–H groups in total. The van der Waals surface area contributed by atoms with Gasteiger partial charge in [0.05, 0.1) is 11.1 Å². The van der Waals surface area contributed by atoms with E-state index in [1.165, 1.54) is 6.21 Å². The van der Waals surface area contributed by atoms with Crippen LogP contribution < -0.4 is 4.83 Å². The number of hydrogen-bond donors (Lipinski definition) is 1. The highest BCUT2D eigenvalue weighted by Crippen LogP contribution is 2.28. The van der Waals surface area contributed by atoms with Gasteiger partial charge in [0.15, 0.2) is 0 Å². The third-order valence-electron chi connectivity index (χ3n) is 3.96. The van der Waals surface area contributed by atoms with Gasteiger partial charge in [-0.2, -0.15) is 13.5 Å². The summed E-state index contributed by atoms with van der Waals surface area (Å²) in [5.41, 5.74) is 2.66. The molecule has 5 nitrogen and oxygen atoms in total. The number of hydrogen-bond acceptors (Lipinski definition) is 3. The highest BCUT2D eigenvalue weighted by atomic mass is 35.5. The molecule has 0 aliphatic carbocycles. The van der Waals surface area contributed by atoms with Crippen LogP contribution in [0.25, 0.3) is 10.9 Å². The van der Waals surface area contributed by atoms with Gasteiger partial charge >= 0.3 is 0 Å². The van der Waals surface area contributed by atoms with Gasteiger partial charge in [0.1, 0.15) is 5.15 Å². The number of aromatic nitrogens is 1. The van der Waals surface area contributed by atoms with Gasteiger partial charge in [-0.15, -0.1) is 0 Å². The van der Waals surface area contributed by atoms with E-state index in [1.54, 1.807) is 24.3 Å². The summed E-state index contributed by atoms with van der Waals surface area (Å²) < 4.78 is 26.5. The first-order chi connectivity index (χ1) is 11.9. The number of nitrogens with one attached hydrogen (secondary N) is 1. The fraction of sp³-hybridized carbons (Fsp3) is 0.167. The molecule has 3 rings (SSSR count). The second-order valence-corrected chi connectivity index (χ2v) is 7.65. The molecule has 0 saturated heterocycles. The van der Waals surface area contributed by atoms with Crippen molar-refractivity contribution in [2.75, 3.05) is 0 Å². The third kappa shape index (κ3) is 3.41. The number of aryl methyl sites for hydroxylation is 2. The van der Waals surface area contributed by atoms with Crippen molar-refractivity contribution in [2.45, 2.75) is 25.3 Å². The van der Waals surface area contributed by atoms with Gasteiger partial charge in [-0.1, -0.05) is 47.5 Å². The highest BCUT2D eigenvalue weighted by Gasteiger charge is 2.14.